The summed E-state index contributed by atoms with van der Waals surface area (Å²) in [6, 6.07) is 7.16. The van der Waals surface area contributed by atoms with Crippen molar-refractivity contribution in [1.82, 2.24) is 0 Å². The quantitative estimate of drug-likeness (QED) is 0.720. The van der Waals surface area contributed by atoms with Crippen LogP contribution < -0.4 is 15.8 Å². The van der Waals surface area contributed by atoms with E-state index in [0.717, 1.165) is 0 Å². The summed E-state index contributed by atoms with van der Waals surface area (Å²) < 4.78 is 15.4. The van der Waals surface area contributed by atoms with Crippen LogP contribution in [0.5, 0.6) is 5.75 Å². The molecular weight excluding hydrogens is 248 g/mol. The number of methoxy groups -OCH3 is 3. The van der Waals surface area contributed by atoms with Gasteiger partial charge >= 0.3 is 0 Å². The lowest BCUT2D eigenvalue weighted by atomic mass is 10.00. The summed E-state index contributed by atoms with van der Waals surface area (Å²) in [4.78, 5) is 11.7. The van der Waals surface area contributed by atoms with Crippen LogP contribution in [0.25, 0.3) is 0 Å². The summed E-state index contributed by atoms with van der Waals surface area (Å²) >= 11 is 0. The van der Waals surface area contributed by atoms with E-state index in [2.05, 4.69) is 5.32 Å². The number of ether oxygens (including phenoxy) is 3. The molecule has 0 aromatic heterocycles. The van der Waals surface area contributed by atoms with Gasteiger partial charge in [-0.1, -0.05) is 6.07 Å². The zero-order chi connectivity index (χ0) is 14.5. The van der Waals surface area contributed by atoms with Crippen LogP contribution in [0, 0.1) is 0 Å². The molecule has 3 N–H and O–H groups in total. The van der Waals surface area contributed by atoms with Gasteiger partial charge in [0.2, 0.25) is 5.91 Å². The Morgan fingerprint density at radius 3 is 2.42 bits per heavy atom. The summed E-state index contributed by atoms with van der Waals surface area (Å²) in [5.41, 5.74) is 4.93. The van der Waals surface area contributed by atoms with Crippen LogP contribution in [0.1, 0.15) is 6.92 Å². The third-order valence-corrected chi connectivity index (χ3v) is 2.89. The Balaban J connectivity index is 3.04. The van der Waals surface area contributed by atoms with Crippen LogP contribution in [-0.4, -0.2) is 39.1 Å². The van der Waals surface area contributed by atoms with Gasteiger partial charge in [0.05, 0.1) is 7.11 Å². The van der Waals surface area contributed by atoms with E-state index < -0.39 is 17.7 Å². The Bertz CT molecular complexity index is 434. The molecule has 0 saturated heterocycles. The number of amides is 1. The monoisotopic (exact) mass is 268 g/mol. The highest BCUT2D eigenvalue weighted by Crippen LogP contribution is 2.24. The molecule has 0 aliphatic carbocycles. The molecule has 0 spiro atoms. The normalized spacial score (nSPS) is 13.9. The lowest BCUT2D eigenvalue weighted by Crippen LogP contribution is -2.57. The van der Waals surface area contributed by atoms with Gasteiger partial charge in [0, 0.05) is 26.0 Å². The second-order valence-corrected chi connectivity index (χ2v) is 4.23. The number of carbonyl (C=O) groups excluding carboxylic acids is 1. The first kappa shape index (κ1) is 15.3. The van der Waals surface area contributed by atoms with Crippen molar-refractivity contribution in [3.05, 3.63) is 24.3 Å². The molecule has 19 heavy (non-hydrogen) atoms. The Labute approximate surface area is 112 Å². The highest BCUT2D eigenvalue weighted by atomic mass is 16.7. The fourth-order valence-electron chi connectivity index (χ4n) is 1.80. The van der Waals surface area contributed by atoms with E-state index in [-0.39, 0.29) is 0 Å². The number of hydrogen-bond donors (Lipinski definition) is 2. The average Bonchev–Trinajstić information content (AvgIpc) is 2.40. The van der Waals surface area contributed by atoms with Gasteiger partial charge < -0.3 is 25.3 Å². The molecule has 6 nitrogen and oxygen atoms in total. The molecule has 0 bridgehead atoms. The number of rotatable bonds is 7. The maximum absolute atomic E-state index is 11.7. The summed E-state index contributed by atoms with van der Waals surface area (Å²) in [7, 11) is 4.46. The third-order valence-electron chi connectivity index (χ3n) is 2.89. The van der Waals surface area contributed by atoms with Crippen molar-refractivity contribution in [3.8, 4) is 5.75 Å². The predicted octanol–water partition coefficient (Wildman–Crippen LogP) is 0.970. The zero-order valence-electron chi connectivity index (χ0n) is 11.6. The van der Waals surface area contributed by atoms with Crippen molar-refractivity contribution in [1.29, 1.82) is 0 Å². The maximum atomic E-state index is 11.7. The van der Waals surface area contributed by atoms with Crippen LogP contribution in [0.2, 0.25) is 0 Å². The van der Waals surface area contributed by atoms with E-state index in [1.807, 2.05) is 0 Å². The summed E-state index contributed by atoms with van der Waals surface area (Å²) in [6.45, 7) is 1.62. The van der Waals surface area contributed by atoms with Gasteiger partial charge in [-0.2, -0.15) is 0 Å². The average molecular weight is 268 g/mol. The van der Waals surface area contributed by atoms with E-state index in [1.165, 1.54) is 14.2 Å². The smallest absolute Gasteiger partial charge is 0.248 e. The Morgan fingerprint density at radius 2 is 1.95 bits per heavy atom. The topological polar surface area (TPSA) is 82.8 Å². The minimum atomic E-state index is -1.20. The Morgan fingerprint density at radius 1 is 1.32 bits per heavy atom. The fraction of sp³-hybridized carbons (Fsp3) is 0.462. The number of anilines is 1. The summed E-state index contributed by atoms with van der Waals surface area (Å²) in [6.07, 6.45) is -0.809. The highest BCUT2D eigenvalue weighted by molar-refractivity contribution is 5.88. The molecule has 106 valence electrons. The van der Waals surface area contributed by atoms with Gasteiger partial charge in [-0.15, -0.1) is 0 Å². The molecule has 0 fully saturated rings. The van der Waals surface area contributed by atoms with E-state index in [4.69, 9.17) is 19.9 Å². The number of primary amides is 1. The molecule has 1 aromatic carbocycles. The maximum Gasteiger partial charge on any atom is 0.248 e. The summed E-state index contributed by atoms with van der Waals surface area (Å²) in [5.74, 6) is 0.0900. The SMILES string of the molecule is COc1cccc(NC(C)(C(N)=O)C(OC)OC)c1. The van der Waals surface area contributed by atoms with Crippen molar-refractivity contribution in [2.24, 2.45) is 5.73 Å². The van der Waals surface area contributed by atoms with Crippen molar-refractivity contribution in [2.45, 2.75) is 18.8 Å². The number of nitrogens with two attached hydrogens (primary N) is 1. The van der Waals surface area contributed by atoms with Gasteiger partial charge in [-0.3, -0.25) is 4.79 Å². The van der Waals surface area contributed by atoms with Crippen molar-refractivity contribution in [3.63, 3.8) is 0 Å². The molecule has 0 aliphatic rings. The number of carbonyl (C=O) groups is 1. The third kappa shape index (κ3) is 3.36. The zero-order valence-corrected chi connectivity index (χ0v) is 11.6. The molecule has 1 amide bonds. The highest BCUT2D eigenvalue weighted by Gasteiger charge is 2.41. The fourth-order valence-corrected chi connectivity index (χ4v) is 1.80. The van der Waals surface area contributed by atoms with Crippen molar-refractivity contribution >= 4 is 11.6 Å². The molecule has 1 aromatic rings. The minimum Gasteiger partial charge on any atom is -0.497 e. The Kier molecular flexibility index (Phi) is 5.14. The van der Waals surface area contributed by atoms with Crippen LogP contribution in [0.15, 0.2) is 24.3 Å². The number of benzene rings is 1. The first-order chi connectivity index (χ1) is 8.97. The second-order valence-electron chi connectivity index (χ2n) is 4.23. The molecule has 0 saturated carbocycles. The molecule has 1 atom stereocenters. The first-order valence-corrected chi connectivity index (χ1v) is 5.75. The van der Waals surface area contributed by atoms with Gasteiger partial charge in [0.25, 0.3) is 0 Å². The molecule has 0 heterocycles. The van der Waals surface area contributed by atoms with Crippen LogP contribution in [-0.2, 0) is 14.3 Å². The lowest BCUT2D eigenvalue weighted by molar-refractivity contribution is -0.155. The van der Waals surface area contributed by atoms with E-state index in [9.17, 15) is 4.79 Å². The van der Waals surface area contributed by atoms with Crippen LogP contribution in [0.3, 0.4) is 0 Å². The molecule has 1 unspecified atom stereocenters. The van der Waals surface area contributed by atoms with Gasteiger partial charge in [-0.05, 0) is 19.1 Å². The van der Waals surface area contributed by atoms with E-state index in [1.54, 1.807) is 38.3 Å². The van der Waals surface area contributed by atoms with Gasteiger partial charge in [-0.25, -0.2) is 0 Å². The van der Waals surface area contributed by atoms with Crippen LogP contribution >= 0.6 is 0 Å². The molecule has 6 heteroatoms. The molecule has 1 rings (SSSR count). The second kappa shape index (κ2) is 6.40. The standard InChI is InChI=1S/C13H20N2O4/c1-13(11(14)16,12(18-3)19-4)15-9-6-5-7-10(8-9)17-2/h5-8,12,15H,1-4H3,(H2,14,16). The van der Waals surface area contributed by atoms with Crippen molar-refractivity contribution < 1.29 is 19.0 Å². The molecular formula is C13H20N2O4. The van der Waals surface area contributed by atoms with Crippen molar-refractivity contribution in [2.75, 3.05) is 26.6 Å². The van der Waals surface area contributed by atoms with E-state index in [0.29, 0.717) is 11.4 Å². The van der Waals surface area contributed by atoms with Crippen LogP contribution in [0.4, 0.5) is 5.69 Å². The molecule has 0 aliphatic heterocycles. The number of hydrogen-bond acceptors (Lipinski definition) is 5. The predicted molar refractivity (Wildman–Crippen MR) is 72.0 cm³/mol. The molecule has 0 radical (unpaired) electrons. The van der Waals surface area contributed by atoms with Gasteiger partial charge in [0.15, 0.2) is 11.8 Å². The van der Waals surface area contributed by atoms with E-state index >= 15 is 0 Å². The minimum absolute atomic E-state index is 0.580. The lowest BCUT2D eigenvalue weighted by Gasteiger charge is -2.34. The van der Waals surface area contributed by atoms with Gasteiger partial charge in [0.1, 0.15) is 5.75 Å². The summed E-state index contributed by atoms with van der Waals surface area (Å²) in [5, 5.41) is 3.03. The largest absolute Gasteiger partial charge is 0.497 e. The Hall–Kier alpha value is -1.79. The number of nitrogens with one attached hydrogen (secondary N) is 1. The first-order valence-electron chi connectivity index (χ1n) is 5.75.